The molecule has 1 aliphatic heterocycles. The van der Waals surface area contributed by atoms with Gasteiger partial charge in [0.1, 0.15) is 12.2 Å². The van der Waals surface area contributed by atoms with Crippen molar-refractivity contribution in [3.05, 3.63) is 20.2 Å². The van der Waals surface area contributed by atoms with Crippen molar-refractivity contribution in [2.75, 3.05) is 0 Å². The monoisotopic (exact) mass is 335 g/mol. The maximum Gasteiger partial charge on any atom is 0.322 e. The molecule has 1 fully saturated rings. The van der Waals surface area contributed by atoms with E-state index in [1.807, 2.05) is 0 Å². The van der Waals surface area contributed by atoms with Crippen LogP contribution >= 0.6 is 0 Å². The first kappa shape index (κ1) is 18.9. The molecule has 1 heterocycles. The first-order valence-corrected chi connectivity index (χ1v) is 7.00. The molecule has 11 nitrogen and oxygen atoms in total. The molecule has 11 heteroatoms. The largest absolute Gasteiger partial charge is 0.367 e. The van der Waals surface area contributed by atoms with Gasteiger partial charge in [0.2, 0.25) is 0 Å². The summed E-state index contributed by atoms with van der Waals surface area (Å²) in [5, 5.41) is 20.8. The van der Waals surface area contributed by atoms with Gasteiger partial charge in [0.05, 0.1) is 11.1 Å². The standard InChI is InChI=1S/C12H21N3O8/c1-8(16)21-13-11(2,3)9(22-14(17)18)6-7-10(12(13,4)5)23-15(19)20/h9-10H,6-7H2,1-5H3. The second kappa shape index (κ2) is 6.52. The maximum absolute atomic E-state index is 11.4. The number of carbonyl (C=O) groups excluding carboxylic acids is 1. The van der Waals surface area contributed by atoms with Crippen LogP contribution in [-0.2, 0) is 19.3 Å². The van der Waals surface area contributed by atoms with Crippen molar-refractivity contribution in [1.82, 2.24) is 5.06 Å². The van der Waals surface area contributed by atoms with Crippen LogP contribution in [0, 0.1) is 20.2 Å². The third-order valence-electron chi connectivity index (χ3n) is 3.96. The van der Waals surface area contributed by atoms with Crippen molar-refractivity contribution in [2.24, 2.45) is 0 Å². The summed E-state index contributed by atoms with van der Waals surface area (Å²) in [5.41, 5.74) is -2.23. The van der Waals surface area contributed by atoms with E-state index in [1.165, 1.54) is 12.0 Å². The van der Waals surface area contributed by atoms with Crippen molar-refractivity contribution in [1.29, 1.82) is 0 Å². The summed E-state index contributed by atoms with van der Waals surface area (Å²) in [4.78, 5) is 47.5. The van der Waals surface area contributed by atoms with E-state index in [0.29, 0.717) is 0 Å². The van der Waals surface area contributed by atoms with Crippen LogP contribution in [0.4, 0.5) is 0 Å². The number of carbonyl (C=O) groups is 1. The van der Waals surface area contributed by atoms with Gasteiger partial charge in [-0.2, -0.15) is 0 Å². The van der Waals surface area contributed by atoms with Crippen molar-refractivity contribution in [3.63, 3.8) is 0 Å². The van der Waals surface area contributed by atoms with Crippen LogP contribution in [0.1, 0.15) is 47.5 Å². The summed E-state index contributed by atoms with van der Waals surface area (Å²) in [6, 6.07) is 0. The highest BCUT2D eigenvalue weighted by molar-refractivity contribution is 5.65. The number of rotatable bonds is 5. The van der Waals surface area contributed by atoms with Gasteiger partial charge in [0.25, 0.3) is 10.2 Å². The lowest BCUT2D eigenvalue weighted by atomic mass is 9.92. The molecule has 132 valence electrons. The summed E-state index contributed by atoms with van der Waals surface area (Å²) in [7, 11) is 0. The minimum absolute atomic E-state index is 0.119. The van der Waals surface area contributed by atoms with Crippen molar-refractivity contribution in [3.8, 4) is 0 Å². The zero-order valence-electron chi connectivity index (χ0n) is 13.7. The van der Waals surface area contributed by atoms with Crippen molar-refractivity contribution in [2.45, 2.75) is 70.7 Å². The van der Waals surface area contributed by atoms with Crippen molar-refractivity contribution >= 4 is 5.97 Å². The first-order chi connectivity index (χ1) is 10.4. The minimum Gasteiger partial charge on any atom is -0.367 e. The summed E-state index contributed by atoms with van der Waals surface area (Å²) in [5.74, 6) is -0.659. The maximum atomic E-state index is 11.4. The van der Waals surface area contributed by atoms with Crippen LogP contribution in [0.25, 0.3) is 0 Å². The molecule has 0 aliphatic carbocycles. The Morgan fingerprint density at radius 1 is 1.00 bits per heavy atom. The number of hydrogen-bond donors (Lipinski definition) is 0. The Labute approximate surface area is 132 Å². The van der Waals surface area contributed by atoms with Crippen LogP contribution in [0.2, 0.25) is 0 Å². The van der Waals surface area contributed by atoms with E-state index >= 15 is 0 Å². The van der Waals surface area contributed by atoms with E-state index in [4.69, 9.17) is 14.5 Å². The molecule has 0 aromatic rings. The molecule has 0 spiro atoms. The van der Waals surface area contributed by atoms with Gasteiger partial charge in [0.15, 0.2) is 0 Å². The Kier molecular flexibility index (Phi) is 5.35. The number of hydrogen-bond acceptors (Lipinski definition) is 9. The van der Waals surface area contributed by atoms with E-state index in [0.717, 1.165) is 0 Å². The lowest BCUT2D eigenvalue weighted by Crippen LogP contribution is -2.63. The highest BCUT2D eigenvalue weighted by Crippen LogP contribution is 2.40. The zero-order valence-corrected chi connectivity index (χ0v) is 13.7. The molecule has 0 aromatic heterocycles. The highest BCUT2D eigenvalue weighted by atomic mass is 17.0. The SMILES string of the molecule is CC(=O)ON1C(C)(C)C(O[N+](=O)[O-])CCC(O[N+](=O)[O-])C1(C)C. The van der Waals surface area contributed by atoms with Crippen LogP contribution in [0.5, 0.6) is 0 Å². The molecule has 2 atom stereocenters. The van der Waals surface area contributed by atoms with Gasteiger partial charge in [-0.1, -0.05) is 0 Å². The normalized spacial score (nSPS) is 26.7. The van der Waals surface area contributed by atoms with Crippen LogP contribution in [-0.4, -0.2) is 44.5 Å². The van der Waals surface area contributed by atoms with Gasteiger partial charge < -0.3 is 14.5 Å². The molecule has 0 saturated carbocycles. The number of nitrogens with zero attached hydrogens (tertiary/aromatic N) is 3. The van der Waals surface area contributed by atoms with Gasteiger partial charge in [-0.05, 0) is 40.5 Å². The quantitative estimate of drug-likeness (QED) is 0.537. The second-order valence-electron chi connectivity index (χ2n) is 6.40. The topological polar surface area (TPSA) is 134 Å². The molecule has 0 amide bonds. The molecule has 1 rings (SSSR count). The lowest BCUT2D eigenvalue weighted by molar-refractivity contribution is -0.772. The molecule has 1 saturated heterocycles. The van der Waals surface area contributed by atoms with E-state index in [-0.39, 0.29) is 12.8 Å². The van der Waals surface area contributed by atoms with E-state index in [1.54, 1.807) is 27.7 Å². The van der Waals surface area contributed by atoms with Gasteiger partial charge in [-0.15, -0.1) is 25.3 Å². The fourth-order valence-electron chi connectivity index (χ4n) is 2.95. The average Bonchev–Trinajstić information content (AvgIpc) is 2.41. The lowest BCUT2D eigenvalue weighted by Gasteiger charge is -2.47. The predicted molar refractivity (Wildman–Crippen MR) is 74.7 cm³/mol. The molecule has 23 heavy (non-hydrogen) atoms. The Morgan fingerprint density at radius 2 is 1.35 bits per heavy atom. The van der Waals surface area contributed by atoms with Gasteiger partial charge in [-0.3, -0.25) is 4.79 Å². The Morgan fingerprint density at radius 3 is 1.61 bits per heavy atom. The molecule has 0 N–H and O–H groups in total. The fraction of sp³-hybridized carbons (Fsp3) is 0.917. The molecule has 1 aliphatic rings. The van der Waals surface area contributed by atoms with E-state index in [2.05, 4.69) is 0 Å². The molecular weight excluding hydrogens is 314 g/mol. The fourth-order valence-corrected chi connectivity index (χ4v) is 2.95. The summed E-state index contributed by atoms with van der Waals surface area (Å²) in [6.07, 6.45) is -1.69. The van der Waals surface area contributed by atoms with Gasteiger partial charge in [0, 0.05) is 6.92 Å². The predicted octanol–water partition coefficient (Wildman–Crippen LogP) is 1.27. The Hall–Kier alpha value is -2.17. The minimum atomic E-state index is -1.11. The molecule has 0 radical (unpaired) electrons. The van der Waals surface area contributed by atoms with Crippen LogP contribution in [0.15, 0.2) is 0 Å². The molecule has 0 bridgehead atoms. The van der Waals surface area contributed by atoms with Crippen LogP contribution in [0.3, 0.4) is 0 Å². The van der Waals surface area contributed by atoms with Crippen molar-refractivity contribution < 1.29 is 29.5 Å². The van der Waals surface area contributed by atoms with Crippen LogP contribution < -0.4 is 0 Å². The van der Waals surface area contributed by atoms with Gasteiger partial charge in [-0.25, -0.2) is 0 Å². The summed E-state index contributed by atoms with van der Waals surface area (Å²) < 4.78 is 0. The summed E-state index contributed by atoms with van der Waals surface area (Å²) in [6.45, 7) is 7.56. The molecule has 2 unspecified atom stereocenters. The smallest absolute Gasteiger partial charge is 0.322 e. The summed E-state index contributed by atoms with van der Waals surface area (Å²) >= 11 is 0. The third-order valence-corrected chi connectivity index (χ3v) is 3.96. The zero-order chi connectivity index (χ0) is 18.0. The Bertz CT molecular complexity index is 457. The van der Waals surface area contributed by atoms with E-state index < -0.39 is 39.4 Å². The first-order valence-electron chi connectivity index (χ1n) is 7.00. The molecule has 0 aromatic carbocycles. The second-order valence-corrected chi connectivity index (χ2v) is 6.40. The molecular formula is C12H21N3O8. The highest BCUT2D eigenvalue weighted by Gasteiger charge is 2.54. The third kappa shape index (κ3) is 4.18. The van der Waals surface area contributed by atoms with E-state index in [9.17, 15) is 25.0 Å². The average molecular weight is 335 g/mol. The number of hydroxylamine groups is 2. The Balaban J connectivity index is 3.29. The van der Waals surface area contributed by atoms with Gasteiger partial charge >= 0.3 is 5.97 Å².